The summed E-state index contributed by atoms with van der Waals surface area (Å²) < 4.78 is 32.5. The minimum Gasteiger partial charge on any atom is -0.477 e. The van der Waals surface area contributed by atoms with E-state index in [1.165, 1.54) is 24.2 Å². The molecular weight excluding hydrogens is 308 g/mol. The number of sulfonamides is 1. The van der Waals surface area contributed by atoms with Gasteiger partial charge in [0.25, 0.3) is 0 Å². The Morgan fingerprint density at radius 3 is 2.95 bits per heavy atom. The lowest BCUT2D eigenvalue weighted by Crippen LogP contribution is -2.22. The predicted molar refractivity (Wildman–Crippen MR) is 80.8 cm³/mol. The van der Waals surface area contributed by atoms with Gasteiger partial charge in [0.15, 0.2) is 0 Å². The molecule has 1 N–H and O–H groups in total. The fourth-order valence-electron chi connectivity index (χ4n) is 1.79. The Morgan fingerprint density at radius 1 is 1.38 bits per heavy atom. The topological polar surface area (TPSA) is 68.3 Å². The van der Waals surface area contributed by atoms with Gasteiger partial charge < -0.3 is 4.74 Å². The Bertz CT molecular complexity index is 695. The van der Waals surface area contributed by atoms with E-state index in [9.17, 15) is 8.42 Å². The molecule has 2 aromatic rings. The largest absolute Gasteiger partial charge is 0.477 e. The first-order valence-electron chi connectivity index (χ1n) is 6.74. The summed E-state index contributed by atoms with van der Waals surface area (Å²) in [6.07, 6.45) is 4.08. The van der Waals surface area contributed by atoms with Crippen LogP contribution in [0.15, 0.2) is 40.1 Å². The Morgan fingerprint density at radius 2 is 2.24 bits per heavy atom. The first-order chi connectivity index (χ1) is 10.1. The average molecular weight is 324 g/mol. The molecule has 2 aromatic heterocycles. The molecule has 1 aliphatic rings. The Kier molecular flexibility index (Phi) is 4.23. The van der Waals surface area contributed by atoms with Crippen molar-refractivity contribution >= 4 is 21.4 Å². The number of aromatic nitrogens is 1. The Hall–Kier alpha value is -1.44. The fraction of sp³-hybridized carbons (Fsp3) is 0.357. The highest BCUT2D eigenvalue weighted by molar-refractivity contribution is 7.91. The van der Waals surface area contributed by atoms with Crippen molar-refractivity contribution in [3.8, 4) is 5.88 Å². The van der Waals surface area contributed by atoms with E-state index in [1.807, 2.05) is 0 Å². The zero-order valence-electron chi connectivity index (χ0n) is 11.4. The molecule has 0 bridgehead atoms. The molecule has 0 amide bonds. The molecule has 1 saturated carbocycles. The van der Waals surface area contributed by atoms with Gasteiger partial charge >= 0.3 is 0 Å². The van der Waals surface area contributed by atoms with Gasteiger partial charge in [-0.2, -0.15) is 0 Å². The van der Waals surface area contributed by atoms with Crippen molar-refractivity contribution in [1.82, 2.24) is 9.71 Å². The zero-order chi connectivity index (χ0) is 14.7. The molecule has 0 aliphatic heterocycles. The number of thiophene rings is 1. The van der Waals surface area contributed by atoms with Gasteiger partial charge in [-0.25, -0.2) is 18.1 Å². The van der Waals surface area contributed by atoms with E-state index in [0.717, 1.165) is 5.56 Å². The highest BCUT2D eigenvalue weighted by Crippen LogP contribution is 2.29. The highest BCUT2D eigenvalue weighted by atomic mass is 32.2. The Labute approximate surface area is 128 Å². The van der Waals surface area contributed by atoms with Crippen LogP contribution in [0, 0.1) is 5.92 Å². The minimum atomic E-state index is -3.44. The number of nitrogens with one attached hydrogen (secondary N) is 1. The van der Waals surface area contributed by atoms with E-state index in [0.29, 0.717) is 22.6 Å². The van der Waals surface area contributed by atoms with Crippen molar-refractivity contribution in [1.29, 1.82) is 0 Å². The number of hydrogen-bond donors (Lipinski definition) is 1. The molecule has 5 nitrogen and oxygen atoms in total. The number of pyridine rings is 1. The van der Waals surface area contributed by atoms with E-state index >= 15 is 0 Å². The van der Waals surface area contributed by atoms with Gasteiger partial charge in [-0.15, -0.1) is 11.3 Å². The molecule has 2 heterocycles. The minimum absolute atomic E-state index is 0.225. The molecule has 1 fully saturated rings. The van der Waals surface area contributed by atoms with E-state index < -0.39 is 10.0 Å². The van der Waals surface area contributed by atoms with Crippen LogP contribution >= 0.6 is 11.3 Å². The SMILES string of the molecule is O=S(=O)(NCc1ccnc(OCC2CC2)c1)c1cccs1. The van der Waals surface area contributed by atoms with Crippen LogP contribution < -0.4 is 9.46 Å². The molecule has 0 aromatic carbocycles. The second-order valence-electron chi connectivity index (χ2n) is 5.01. The molecule has 7 heteroatoms. The summed E-state index contributed by atoms with van der Waals surface area (Å²) in [5.74, 6) is 1.21. The number of nitrogens with zero attached hydrogens (tertiary/aromatic N) is 1. The molecule has 112 valence electrons. The number of hydrogen-bond acceptors (Lipinski definition) is 5. The van der Waals surface area contributed by atoms with Crippen molar-refractivity contribution in [2.75, 3.05) is 6.61 Å². The summed E-state index contributed by atoms with van der Waals surface area (Å²) in [6.45, 7) is 0.917. The maximum atomic E-state index is 12.0. The van der Waals surface area contributed by atoms with Crippen molar-refractivity contribution in [3.63, 3.8) is 0 Å². The summed E-state index contributed by atoms with van der Waals surface area (Å²) >= 11 is 1.20. The third-order valence-electron chi connectivity index (χ3n) is 3.19. The maximum absolute atomic E-state index is 12.0. The number of ether oxygens (including phenoxy) is 1. The van der Waals surface area contributed by atoms with Crippen LogP contribution in [-0.4, -0.2) is 20.0 Å². The zero-order valence-corrected chi connectivity index (χ0v) is 13.0. The van der Waals surface area contributed by atoms with Crippen LogP contribution in [-0.2, 0) is 16.6 Å². The van der Waals surface area contributed by atoms with Crippen molar-refractivity contribution < 1.29 is 13.2 Å². The summed E-state index contributed by atoms with van der Waals surface area (Å²) in [6, 6.07) is 6.86. The van der Waals surface area contributed by atoms with Crippen LogP contribution in [0.5, 0.6) is 5.88 Å². The van der Waals surface area contributed by atoms with Crippen LogP contribution in [0.2, 0.25) is 0 Å². The molecule has 0 radical (unpaired) electrons. The van der Waals surface area contributed by atoms with Gasteiger partial charge in [0.2, 0.25) is 15.9 Å². The van der Waals surface area contributed by atoms with Gasteiger partial charge in [-0.3, -0.25) is 0 Å². The van der Waals surface area contributed by atoms with Crippen LogP contribution in [0.1, 0.15) is 18.4 Å². The van der Waals surface area contributed by atoms with Crippen molar-refractivity contribution in [2.45, 2.75) is 23.6 Å². The van der Waals surface area contributed by atoms with Gasteiger partial charge in [0.05, 0.1) is 6.61 Å². The van der Waals surface area contributed by atoms with E-state index in [1.54, 1.807) is 35.8 Å². The third kappa shape index (κ3) is 4.03. The van der Waals surface area contributed by atoms with E-state index in [2.05, 4.69) is 9.71 Å². The third-order valence-corrected chi connectivity index (χ3v) is 5.99. The lowest BCUT2D eigenvalue weighted by molar-refractivity contribution is 0.288. The lowest BCUT2D eigenvalue weighted by atomic mass is 10.3. The standard InChI is InChI=1S/C14H16N2O3S2/c17-21(18,14-2-1-7-20-14)16-9-12-5-6-15-13(8-12)19-10-11-3-4-11/h1-2,5-8,11,16H,3-4,9-10H2. The van der Waals surface area contributed by atoms with Gasteiger partial charge in [0.1, 0.15) is 4.21 Å². The lowest BCUT2D eigenvalue weighted by Gasteiger charge is -2.07. The van der Waals surface area contributed by atoms with Crippen LogP contribution in [0.25, 0.3) is 0 Å². The molecule has 0 spiro atoms. The summed E-state index contributed by atoms with van der Waals surface area (Å²) in [5, 5.41) is 1.74. The van der Waals surface area contributed by atoms with E-state index in [4.69, 9.17) is 4.74 Å². The van der Waals surface area contributed by atoms with Gasteiger partial charge in [-0.05, 0) is 41.8 Å². The van der Waals surface area contributed by atoms with Crippen molar-refractivity contribution in [2.24, 2.45) is 5.92 Å². The van der Waals surface area contributed by atoms with Gasteiger partial charge in [0, 0.05) is 18.8 Å². The molecule has 21 heavy (non-hydrogen) atoms. The first kappa shape index (κ1) is 14.5. The van der Waals surface area contributed by atoms with Crippen LogP contribution in [0.4, 0.5) is 0 Å². The van der Waals surface area contributed by atoms with Gasteiger partial charge in [-0.1, -0.05) is 6.07 Å². The van der Waals surface area contributed by atoms with Crippen LogP contribution in [0.3, 0.4) is 0 Å². The summed E-state index contributed by atoms with van der Waals surface area (Å²) in [4.78, 5) is 4.14. The molecule has 0 atom stereocenters. The predicted octanol–water partition coefficient (Wildman–Crippen LogP) is 2.41. The van der Waals surface area contributed by atoms with Crippen molar-refractivity contribution in [3.05, 3.63) is 41.4 Å². The van der Waals surface area contributed by atoms with E-state index in [-0.39, 0.29) is 6.54 Å². The summed E-state index contributed by atoms with van der Waals surface area (Å²) in [5.41, 5.74) is 0.830. The smallest absolute Gasteiger partial charge is 0.250 e. The normalized spacial score (nSPS) is 15.0. The average Bonchev–Trinajstić information content (AvgIpc) is 3.14. The molecule has 3 rings (SSSR count). The molecule has 1 aliphatic carbocycles. The highest BCUT2D eigenvalue weighted by Gasteiger charge is 2.22. The molecule has 0 unspecified atom stereocenters. The quantitative estimate of drug-likeness (QED) is 0.849. The molecular formula is C14H16N2O3S2. The fourth-order valence-corrected chi connectivity index (χ4v) is 3.85. The summed E-state index contributed by atoms with van der Waals surface area (Å²) in [7, 11) is -3.44. The number of rotatable bonds is 7. The second kappa shape index (κ2) is 6.13. The molecule has 0 saturated heterocycles. The first-order valence-corrected chi connectivity index (χ1v) is 9.11. The monoisotopic (exact) mass is 324 g/mol. The Balaban J connectivity index is 1.60. The maximum Gasteiger partial charge on any atom is 0.250 e. The second-order valence-corrected chi connectivity index (χ2v) is 7.95.